The van der Waals surface area contributed by atoms with Crippen LogP contribution in [0.2, 0.25) is 0 Å². The first-order chi connectivity index (χ1) is 14.3. The molecule has 0 unspecified atom stereocenters. The normalized spacial score (nSPS) is 10.4. The fraction of sp³-hybridized carbons (Fsp3) is 0.0952. The summed E-state index contributed by atoms with van der Waals surface area (Å²) in [6.45, 7) is 1.86. The molecular formula is C21H17F3N4O2. The number of para-hydroxylation sites is 1. The molecule has 0 saturated carbocycles. The summed E-state index contributed by atoms with van der Waals surface area (Å²) >= 11 is 0. The summed E-state index contributed by atoms with van der Waals surface area (Å²) in [5.74, 6) is -5.80. The standard InChI is InChI=1S/C21H17F3N4O2/c1-11-5-3-4-6-16(11)27-19-17(9-13(10-26-19)20(29)25-2)28-21(30)12-7-14(22)18(24)15(23)8-12/h3-10H,1-2H3,(H,25,29)(H,26,27)(H,28,30). The lowest BCUT2D eigenvalue weighted by molar-refractivity contribution is 0.0961. The second kappa shape index (κ2) is 8.64. The van der Waals surface area contributed by atoms with Crippen LogP contribution in [-0.2, 0) is 0 Å². The van der Waals surface area contributed by atoms with E-state index in [-0.39, 0.29) is 17.1 Å². The van der Waals surface area contributed by atoms with Gasteiger partial charge in [0.25, 0.3) is 11.8 Å². The van der Waals surface area contributed by atoms with Crippen LogP contribution in [0.25, 0.3) is 0 Å². The molecule has 154 valence electrons. The Labute approximate surface area is 170 Å². The fourth-order valence-corrected chi connectivity index (χ4v) is 2.65. The molecule has 30 heavy (non-hydrogen) atoms. The molecule has 3 rings (SSSR count). The first kappa shape index (κ1) is 20.8. The molecule has 6 nitrogen and oxygen atoms in total. The highest BCUT2D eigenvalue weighted by atomic mass is 19.2. The van der Waals surface area contributed by atoms with Gasteiger partial charge in [0.2, 0.25) is 0 Å². The van der Waals surface area contributed by atoms with Gasteiger partial charge in [-0.1, -0.05) is 18.2 Å². The van der Waals surface area contributed by atoms with Crippen molar-refractivity contribution in [1.29, 1.82) is 0 Å². The molecule has 0 atom stereocenters. The smallest absolute Gasteiger partial charge is 0.255 e. The van der Waals surface area contributed by atoms with Gasteiger partial charge >= 0.3 is 0 Å². The maximum absolute atomic E-state index is 13.5. The minimum absolute atomic E-state index is 0.0921. The Balaban J connectivity index is 1.99. The highest BCUT2D eigenvalue weighted by molar-refractivity contribution is 6.06. The van der Waals surface area contributed by atoms with Gasteiger partial charge in [0.05, 0.1) is 11.3 Å². The zero-order valence-electron chi connectivity index (χ0n) is 16.0. The summed E-state index contributed by atoms with van der Waals surface area (Å²) in [5, 5.41) is 7.95. The number of hydrogen-bond donors (Lipinski definition) is 3. The zero-order chi connectivity index (χ0) is 21.8. The molecule has 2 aromatic carbocycles. The van der Waals surface area contributed by atoms with Crippen molar-refractivity contribution in [2.24, 2.45) is 0 Å². The highest BCUT2D eigenvalue weighted by Gasteiger charge is 2.18. The highest BCUT2D eigenvalue weighted by Crippen LogP contribution is 2.27. The van der Waals surface area contributed by atoms with Crippen LogP contribution in [0.15, 0.2) is 48.7 Å². The molecule has 0 bridgehead atoms. The first-order valence-corrected chi connectivity index (χ1v) is 8.81. The lowest BCUT2D eigenvalue weighted by Gasteiger charge is -2.15. The zero-order valence-corrected chi connectivity index (χ0v) is 16.0. The number of pyridine rings is 1. The van der Waals surface area contributed by atoms with Crippen LogP contribution in [0.4, 0.5) is 30.4 Å². The topological polar surface area (TPSA) is 83.1 Å². The lowest BCUT2D eigenvalue weighted by atomic mass is 10.1. The summed E-state index contributed by atoms with van der Waals surface area (Å²) in [5.41, 5.74) is 1.41. The Morgan fingerprint density at radius 3 is 2.20 bits per heavy atom. The van der Waals surface area contributed by atoms with Crippen LogP contribution >= 0.6 is 0 Å². The number of benzene rings is 2. The van der Waals surface area contributed by atoms with Gasteiger partial charge in [-0.05, 0) is 36.8 Å². The Hall–Kier alpha value is -3.88. The summed E-state index contributed by atoms with van der Waals surface area (Å²) < 4.78 is 40.2. The third-order valence-corrected chi connectivity index (χ3v) is 4.27. The average molecular weight is 414 g/mol. The molecule has 1 aromatic heterocycles. The summed E-state index contributed by atoms with van der Waals surface area (Å²) in [6, 6.07) is 9.83. The average Bonchev–Trinajstić information content (AvgIpc) is 2.73. The van der Waals surface area contributed by atoms with Crippen LogP contribution in [0.5, 0.6) is 0 Å². The number of aryl methyl sites for hydroxylation is 1. The van der Waals surface area contributed by atoms with Crippen LogP contribution in [0.1, 0.15) is 26.3 Å². The lowest BCUT2D eigenvalue weighted by Crippen LogP contribution is -2.20. The molecular weight excluding hydrogens is 397 g/mol. The van der Waals surface area contributed by atoms with Gasteiger partial charge in [-0.3, -0.25) is 9.59 Å². The molecule has 9 heteroatoms. The predicted octanol–water partition coefficient (Wildman–Crippen LogP) is 4.16. The molecule has 0 aliphatic heterocycles. The summed E-state index contributed by atoms with van der Waals surface area (Å²) in [7, 11) is 1.43. The molecule has 0 spiro atoms. The largest absolute Gasteiger partial charge is 0.355 e. The SMILES string of the molecule is CNC(=O)c1cnc(Nc2ccccc2C)c(NC(=O)c2cc(F)c(F)c(F)c2)c1. The van der Waals surface area contributed by atoms with E-state index in [0.29, 0.717) is 17.8 Å². The Kier molecular flexibility index (Phi) is 6.01. The van der Waals surface area contributed by atoms with Gasteiger partial charge in [-0.2, -0.15) is 0 Å². The van der Waals surface area contributed by atoms with Crippen molar-refractivity contribution in [3.8, 4) is 0 Å². The Morgan fingerprint density at radius 2 is 1.57 bits per heavy atom. The molecule has 0 aliphatic rings. The second-order valence-corrected chi connectivity index (χ2v) is 6.35. The van der Waals surface area contributed by atoms with Crippen molar-refractivity contribution in [3.05, 3.63) is 82.8 Å². The number of rotatable bonds is 5. The van der Waals surface area contributed by atoms with Gasteiger partial charge in [-0.15, -0.1) is 0 Å². The molecule has 0 fully saturated rings. The number of carbonyl (C=O) groups is 2. The van der Waals surface area contributed by atoms with Gasteiger partial charge in [0.15, 0.2) is 23.3 Å². The van der Waals surface area contributed by atoms with Crippen molar-refractivity contribution in [3.63, 3.8) is 0 Å². The van der Waals surface area contributed by atoms with Gasteiger partial charge < -0.3 is 16.0 Å². The number of halogens is 3. The van der Waals surface area contributed by atoms with Gasteiger partial charge in [0.1, 0.15) is 0 Å². The molecule has 2 amide bonds. The third kappa shape index (κ3) is 4.40. The van der Waals surface area contributed by atoms with Crippen LogP contribution in [0.3, 0.4) is 0 Å². The number of carbonyl (C=O) groups excluding carboxylic acids is 2. The van der Waals surface area contributed by atoms with E-state index in [9.17, 15) is 22.8 Å². The third-order valence-electron chi connectivity index (χ3n) is 4.27. The van der Waals surface area contributed by atoms with Crippen molar-refractivity contribution in [2.75, 3.05) is 17.7 Å². The number of nitrogens with zero attached hydrogens (tertiary/aromatic N) is 1. The van der Waals surface area contributed by atoms with Crippen LogP contribution in [0, 0.1) is 24.4 Å². The van der Waals surface area contributed by atoms with E-state index in [4.69, 9.17) is 0 Å². The van der Waals surface area contributed by atoms with E-state index in [1.54, 1.807) is 12.1 Å². The van der Waals surface area contributed by atoms with Crippen LogP contribution < -0.4 is 16.0 Å². The fourth-order valence-electron chi connectivity index (χ4n) is 2.65. The van der Waals surface area contributed by atoms with Crippen molar-refractivity contribution >= 4 is 29.0 Å². The minimum atomic E-state index is -1.67. The number of anilines is 3. The molecule has 1 heterocycles. The molecule has 0 radical (unpaired) electrons. The Morgan fingerprint density at radius 1 is 0.900 bits per heavy atom. The van der Waals surface area contributed by atoms with Gasteiger partial charge in [-0.25, -0.2) is 18.2 Å². The summed E-state index contributed by atoms with van der Waals surface area (Å²) in [6.07, 6.45) is 1.31. The van der Waals surface area contributed by atoms with E-state index >= 15 is 0 Å². The van der Waals surface area contributed by atoms with E-state index in [0.717, 1.165) is 5.56 Å². The predicted molar refractivity (Wildman–Crippen MR) is 106 cm³/mol. The maximum Gasteiger partial charge on any atom is 0.255 e. The van der Waals surface area contributed by atoms with E-state index in [2.05, 4.69) is 20.9 Å². The van der Waals surface area contributed by atoms with Crippen molar-refractivity contribution < 1.29 is 22.8 Å². The summed E-state index contributed by atoms with van der Waals surface area (Å²) in [4.78, 5) is 28.7. The quantitative estimate of drug-likeness (QED) is 0.548. The number of hydrogen-bond acceptors (Lipinski definition) is 4. The number of aromatic nitrogens is 1. The second-order valence-electron chi connectivity index (χ2n) is 6.35. The Bertz CT molecular complexity index is 1110. The van der Waals surface area contributed by atoms with Crippen molar-refractivity contribution in [1.82, 2.24) is 10.3 Å². The molecule has 0 saturated heterocycles. The number of nitrogens with one attached hydrogen (secondary N) is 3. The molecule has 3 N–H and O–H groups in total. The van der Waals surface area contributed by atoms with Gasteiger partial charge in [0, 0.05) is 24.5 Å². The van der Waals surface area contributed by atoms with E-state index < -0.39 is 34.8 Å². The van der Waals surface area contributed by atoms with Crippen molar-refractivity contribution in [2.45, 2.75) is 6.92 Å². The van der Waals surface area contributed by atoms with E-state index in [1.165, 1.54) is 19.3 Å². The monoisotopic (exact) mass is 414 g/mol. The van der Waals surface area contributed by atoms with E-state index in [1.807, 2.05) is 19.1 Å². The molecule has 3 aromatic rings. The number of amides is 2. The van der Waals surface area contributed by atoms with Crippen LogP contribution in [-0.4, -0.2) is 23.8 Å². The maximum atomic E-state index is 13.5. The first-order valence-electron chi connectivity index (χ1n) is 8.81. The molecule has 0 aliphatic carbocycles. The minimum Gasteiger partial charge on any atom is -0.355 e.